The fourth-order valence-electron chi connectivity index (χ4n) is 4.15. The Kier molecular flexibility index (Phi) is 5.49. The maximum Gasteiger partial charge on any atom is 0.0117 e. The van der Waals surface area contributed by atoms with E-state index >= 15 is 0 Å². The number of piperidine rings is 1. The third kappa shape index (κ3) is 4.19. The predicted molar refractivity (Wildman–Crippen MR) is 86.9 cm³/mol. The van der Waals surface area contributed by atoms with Gasteiger partial charge in [0.15, 0.2) is 0 Å². The number of hydrogen-bond donors (Lipinski definition) is 1. The molecule has 1 aliphatic heterocycles. The van der Waals surface area contributed by atoms with Gasteiger partial charge in [0, 0.05) is 18.6 Å². The number of nitrogens with zero attached hydrogens (tertiary/aromatic N) is 2. The molecule has 1 heterocycles. The van der Waals surface area contributed by atoms with Crippen molar-refractivity contribution in [1.29, 1.82) is 0 Å². The second-order valence-electron chi connectivity index (χ2n) is 7.94. The van der Waals surface area contributed by atoms with E-state index in [1.165, 1.54) is 58.3 Å². The summed E-state index contributed by atoms with van der Waals surface area (Å²) in [5, 5.41) is 0. The van der Waals surface area contributed by atoms with Crippen molar-refractivity contribution < 1.29 is 0 Å². The Bertz CT molecular complexity index is 295. The Hall–Kier alpha value is -0.120. The lowest BCUT2D eigenvalue weighted by Gasteiger charge is -2.43. The van der Waals surface area contributed by atoms with Crippen molar-refractivity contribution in [1.82, 2.24) is 9.80 Å². The van der Waals surface area contributed by atoms with Gasteiger partial charge >= 0.3 is 0 Å². The van der Waals surface area contributed by atoms with Gasteiger partial charge in [-0.05, 0) is 70.1 Å². The number of rotatable bonds is 4. The lowest BCUT2D eigenvalue weighted by Crippen LogP contribution is -2.49. The topological polar surface area (TPSA) is 32.5 Å². The van der Waals surface area contributed by atoms with E-state index in [4.69, 9.17) is 5.73 Å². The molecule has 0 amide bonds. The van der Waals surface area contributed by atoms with E-state index in [0.717, 1.165) is 6.04 Å². The summed E-state index contributed by atoms with van der Waals surface area (Å²) in [7, 11) is 2.32. The molecule has 0 spiro atoms. The first kappa shape index (κ1) is 16.3. The molecule has 2 rings (SSSR count). The maximum absolute atomic E-state index is 6.39. The van der Waals surface area contributed by atoms with Crippen molar-refractivity contribution in [2.45, 2.75) is 65.0 Å². The summed E-state index contributed by atoms with van der Waals surface area (Å²) < 4.78 is 0. The molecule has 2 aliphatic rings. The SMILES string of the molecule is CCN1CCC(N(C)CC2CC(C)(C)CCC2N)CC1. The van der Waals surface area contributed by atoms with Crippen LogP contribution in [0.15, 0.2) is 0 Å². The van der Waals surface area contributed by atoms with Crippen LogP contribution in [0, 0.1) is 11.3 Å². The summed E-state index contributed by atoms with van der Waals surface area (Å²) >= 11 is 0. The van der Waals surface area contributed by atoms with Gasteiger partial charge in [0.2, 0.25) is 0 Å². The summed E-state index contributed by atoms with van der Waals surface area (Å²) in [6.07, 6.45) is 6.46. The van der Waals surface area contributed by atoms with Crippen molar-refractivity contribution in [3.8, 4) is 0 Å². The second-order valence-corrected chi connectivity index (χ2v) is 7.94. The highest BCUT2D eigenvalue weighted by molar-refractivity contribution is 4.89. The summed E-state index contributed by atoms with van der Waals surface area (Å²) in [5.41, 5.74) is 6.88. The maximum atomic E-state index is 6.39. The van der Waals surface area contributed by atoms with Crippen LogP contribution >= 0.6 is 0 Å². The molecule has 1 saturated heterocycles. The van der Waals surface area contributed by atoms with E-state index in [2.05, 4.69) is 37.6 Å². The van der Waals surface area contributed by atoms with E-state index in [1.807, 2.05) is 0 Å². The van der Waals surface area contributed by atoms with Crippen molar-refractivity contribution in [2.24, 2.45) is 17.1 Å². The molecule has 3 nitrogen and oxygen atoms in total. The minimum atomic E-state index is 0.418. The smallest absolute Gasteiger partial charge is 0.0117 e. The summed E-state index contributed by atoms with van der Waals surface area (Å²) in [5.74, 6) is 0.688. The normalized spacial score (nSPS) is 32.7. The van der Waals surface area contributed by atoms with Crippen LogP contribution in [0.25, 0.3) is 0 Å². The molecule has 0 aromatic rings. The van der Waals surface area contributed by atoms with Gasteiger partial charge < -0.3 is 15.5 Å². The minimum absolute atomic E-state index is 0.418. The Labute approximate surface area is 125 Å². The number of nitrogens with two attached hydrogens (primary N) is 1. The highest BCUT2D eigenvalue weighted by Gasteiger charge is 2.34. The molecule has 20 heavy (non-hydrogen) atoms. The summed E-state index contributed by atoms with van der Waals surface area (Å²) in [6, 6.07) is 1.19. The van der Waals surface area contributed by atoms with Gasteiger partial charge in [-0.2, -0.15) is 0 Å². The first-order chi connectivity index (χ1) is 9.41. The average molecular weight is 281 g/mol. The molecule has 0 aromatic heterocycles. The molecule has 2 unspecified atom stereocenters. The first-order valence-corrected chi connectivity index (χ1v) is 8.59. The third-order valence-corrected chi connectivity index (χ3v) is 5.72. The van der Waals surface area contributed by atoms with Crippen LogP contribution in [0.3, 0.4) is 0 Å². The van der Waals surface area contributed by atoms with Gasteiger partial charge in [0.05, 0.1) is 0 Å². The van der Waals surface area contributed by atoms with Crippen LogP contribution in [0.5, 0.6) is 0 Å². The second kappa shape index (κ2) is 6.76. The minimum Gasteiger partial charge on any atom is -0.327 e. The monoisotopic (exact) mass is 281 g/mol. The van der Waals surface area contributed by atoms with Gasteiger partial charge in [-0.1, -0.05) is 20.8 Å². The quantitative estimate of drug-likeness (QED) is 0.859. The highest BCUT2D eigenvalue weighted by atomic mass is 15.2. The lowest BCUT2D eigenvalue weighted by molar-refractivity contribution is 0.0806. The molecule has 0 bridgehead atoms. The van der Waals surface area contributed by atoms with Crippen molar-refractivity contribution in [3.05, 3.63) is 0 Å². The van der Waals surface area contributed by atoms with Crippen molar-refractivity contribution in [3.63, 3.8) is 0 Å². The zero-order chi connectivity index (χ0) is 14.8. The van der Waals surface area contributed by atoms with Crippen LogP contribution in [0.2, 0.25) is 0 Å². The first-order valence-electron chi connectivity index (χ1n) is 8.59. The molecule has 2 atom stereocenters. The fourth-order valence-corrected chi connectivity index (χ4v) is 4.15. The fraction of sp³-hybridized carbons (Fsp3) is 1.00. The molecule has 1 saturated carbocycles. The zero-order valence-corrected chi connectivity index (χ0v) is 14.1. The van der Waals surface area contributed by atoms with Crippen molar-refractivity contribution >= 4 is 0 Å². The van der Waals surface area contributed by atoms with E-state index in [0.29, 0.717) is 17.4 Å². The molecule has 2 fully saturated rings. The van der Waals surface area contributed by atoms with Crippen LogP contribution in [-0.2, 0) is 0 Å². The molecule has 0 aromatic carbocycles. The summed E-state index contributed by atoms with van der Waals surface area (Å²) in [4.78, 5) is 5.18. The predicted octanol–water partition coefficient (Wildman–Crippen LogP) is 2.56. The summed E-state index contributed by atoms with van der Waals surface area (Å²) in [6.45, 7) is 12.0. The molecule has 1 aliphatic carbocycles. The largest absolute Gasteiger partial charge is 0.327 e. The van der Waals surface area contributed by atoms with Gasteiger partial charge in [-0.25, -0.2) is 0 Å². The zero-order valence-electron chi connectivity index (χ0n) is 14.1. The number of likely N-dealkylation sites (tertiary alicyclic amines) is 1. The van der Waals surface area contributed by atoms with E-state index in [1.54, 1.807) is 0 Å². The highest BCUT2D eigenvalue weighted by Crippen LogP contribution is 2.38. The van der Waals surface area contributed by atoms with E-state index < -0.39 is 0 Å². The van der Waals surface area contributed by atoms with E-state index in [9.17, 15) is 0 Å². The Morgan fingerprint density at radius 1 is 1.20 bits per heavy atom. The average Bonchev–Trinajstić information content (AvgIpc) is 2.43. The van der Waals surface area contributed by atoms with E-state index in [-0.39, 0.29) is 0 Å². The standard InChI is InChI=1S/C17H35N3/c1-5-20-10-7-15(8-11-20)19(4)13-14-12-17(2,3)9-6-16(14)18/h14-16H,5-13,18H2,1-4H3. The van der Waals surface area contributed by atoms with Crippen LogP contribution in [0.4, 0.5) is 0 Å². The lowest BCUT2D eigenvalue weighted by atomic mass is 9.70. The number of hydrogen-bond acceptors (Lipinski definition) is 3. The Balaban J connectivity index is 1.83. The third-order valence-electron chi connectivity index (χ3n) is 5.72. The van der Waals surface area contributed by atoms with Gasteiger partial charge in [0.25, 0.3) is 0 Å². The molecule has 0 radical (unpaired) electrons. The van der Waals surface area contributed by atoms with Crippen LogP contribution in [0.1, 0.15) is 52.9 Å². The van der Waals surface area contributed by atoms with Gasteiger partial charge in [0.1, 0.15) is 0 Å². The van der Waals surface area contributed by atoms with Crippen LogP contribution in [-0.4, -0.2) is 55.1 Å². The molecule has 3 heteroatoms. The molecular formula is C17H35N3. The molecular weight excluding hydrogens is 246 g/mol. The Morgan fingerprint density at radius 3 is 2.45 bits per heavy atom. The van der Waals surface area contributed by atoms with Gasteiger partial charge in [-0.15, -0.1) is 0 Å². The molecule has 2 N–H and O–H groups in total. The van der Waals surface area contributed by atoms with Crippen molar-refractivity contribution in [2.75, 3.05) is 33.2 Å². The van der Waals surface area contributed by atoms with Crippen LogP contribution < -0.4 is 5.73 Å². The van der Waals surface area contributed by atoms with Gasteiger partial charge in [-0.3, -0.25) is 0 Å². The molecule has 118 valence electrons. The Morgan fingerprint density at radius 2 is 1.85 bits per heavy atom.